The fraction of sp³-hybridized carbons (Fsp3) is 0.400. The first kappa shape index (κ1) is 11.3. The summed E-state index contributed by atoms with van der Waals surface area (Å²) in [4.78, 5) is 15.9. The Hall–Kier alpha value is -2.18. The zero-order valence-corrected chi connectivity index (χ0v) is 9.74. The van der Waals surface area contributed by atoms with Gasteiger partial charge >= 0.3 is 0 Å². The van der Waals surface area contributed by atoms with Crippen LogP contribution >= 0.6 is 0 Å². The molecule has 2 aromatic heterocycles. The van der Waals surface area contributed by atoms with Gasteiger partial charge in [-0.15, -0.1) is 5.10 Å². The van der Waals surface area contributed by atoms with Crippen LogP contribution in [0.3, 0.4) is 0 Å². The third kappa shape index (κ3) is 2.49. The average Bonchev–Trinajstić information content (AvgIpc) is 2.90. The van der Waals surface area contributed by atoms with Crippen LogP contribution in [-0.4, -0.2) is 31.3 Å². The molecule has 0 aliphatic heterocycles. The number of H-pyrrole nitrogens is 2. The lowest BCUT2D eigenvalue weighted by molar-refractivity contribution is 0.101. The van der Waals surface area contributed by atoms with Crippen LogP contribution in [0.15, 0.2) is 6.20 Å². The van der Waals surface area contributed by atoms with Crippen LogP contribution in [0.1, 0.15) is 35.4 Å². The molecule has 0 aliphatic rings. The Bertz CT molecular complexity index is 514. The number of nitrogens with one attached hydrogen (secondary N) is 3. The summed E-state index contributed by atoms with van der Waals surface area (Å²) in [6.07, 6.45) is 3.37. The van der Waals surface area contributed by atoms with Gasteiger partial charge in [-0.3, -0.25) is 15.0 Å². The summed E-state index contributed by atoms with van der Waals surface area (Å²) in [6, 6.07) is 0. The standard InChI is InChI=1S/C10H14N6O/c1-3-4-7-12-9(16-14-7)10(17)13-8-6(2)5-11-15-8/h5H,3-4H2,1-2H3,(H,12,14,16)(H2,11,13,15,17). The number of carbonyl (C=O) groups excluding carboxylic acids is 1. The average molecular weight is 234 g/mol. The lowest BCUT2D eigenvalue weighted by Gasteiger charge is -1.99. The Labute approximate surface area is 98.0 Å². The summed E-state index contributed by atoms with van der Waals surface area (Å²) in [5.74, 6) is 1.08. The van der Waals surface area contributed by atoms with Crippen LogP contribution in [0, 0.1) is 6.92 Å². The highest BCUT2D eigenvalue weighted by Crippen LogP contribution is 2.09. The van der Waals surface area contributed by atoms with E-state index in [1.807, 2.05) is 13.8 Å². The van der Waals surface area contributed by atoms with Crippen LogP contribution < -0.4 is 5.32 Å². The number of anilines is 1. The van der Waals surface area contributed by atoms with Gasteiger partial charge in [-0.25, -0.2) is 4.98 Å². The van der Waals surface area contributed by atoms with E-state index in [1.54, 1.807) is 6.20 Å². The van der Waals surface area contributed by atoms with E-state index in [1.165, 1.54) is 0 Å². The molecule has 0 atom stereocenters. The van der Waals surface area contributed by atoms with Crippen LogP contribution in [0.4, 0.5) is 5.82 Å². The van der Waals surface area contributed by atoms with Gasteiger partial charge < -0.3 is 5.32 Å². The molecule has 0 saturated carbocycles. The van der Waals surface area contributed by atoms with Crippen molar-refractivity contribution < 1.29 is 4.79 Å². The third-order valence-electron chi connectivity index (χ3n) is 2.29. The summed E-state index contributed by atoms with van der Waals surface area (Å²) < 4.78 is 0. The highest BCUT2D eigenvalue weighted by Gasteiger charge is 2.13. The second-order valence-electron chi connectivity index (χ2n) is 3.74. The topological polar surface area (TPSA) is 99.3 Å². The smallest absolute Gasteiger partial charge is 0.296 e. The number of carbonyl (C=O) groups is 1. The van der Waals surface area contributed by atoms with Gasteiger partial charge in [-0.05, 0) is 13.3 Å². The first-order chi connectivity index (χ1) is 8.20. The maximum absolute atomic E-state index is 11.8. The van der Waals surface area contributed by atoms with E-state index in [0.717, 1.165) is 24.2 Å². The Morgan fingerprint density at radius 2 is 2.29 bits per heavy atom. The summed E-state index contributed by atoms with van der Waals surface area (Å²) in [6.45, 7) is 3.88. The molecule has 7 nitrogen and oxygen atoms in total. The quantitative estimate of drug-likeness (QED) is 0.735. The molecule has 17 heavy (non-hydrogen) atoms. The van der Waals surface area contributed by atoms with Gasteiger partial charge in [0.05, 0.1) is 6.20 Å². The first-order valence-corrected chi connectivity index (χ1v) is 5.43. The van der Waals surface area contributed by atoms with Crippen LogP contribution in [0.5, 0.6) is 0 Å². The van der Waals surface area contributed by atoms with Crippen molar-refractivity contribution in [2.75, 3.05) is 5.32 Å². The van der Waals surface area contributed by atoms with E-state index < -0.39 is 0 Å². The molecule has 0 radical (unpaired) electrons. The molecule has 90 valence electrons. The van der Waals surface area contributed by atoms with Gasteiger partial charge in [0.2, 0.25) is 5.82 Å². The molecule has 3 N–H and O–H groups in total. The lowest BCUT2D eigenvalue weighted by Crippen LogP contribution is -2.14. The Balaban J connectivity index is 2.07. The predicted molar refractivity (Wildman–Crippen MR) is 61.7 cm³/mol. The fourth-order valence-corrected chi connectivity index (χ4v) is 1.39. The molecule has 0 saturated heterocycles. The van der Waals surface area contributed by atoms with Crippen molar-refractivity contribution >= 4 is 11.7 Å². The minimum absolute atomic E-state index is 0.141. The largest absolute Gasteiger partial charge is 0.304 e. The van der Waals surface area contributed by atoms with E-state index in [2.05, 4.69) is 30.7 Å². The van der Waals surface area contributed by atoms with Crippen molar-refractivity contribution in [3.8, 4) is 0 Å². The second kappa shape index (κ2) is 4.77. The van der Waals surface area contributed by atoms with Crippen LogP contribution in [0.25, 0.3) is 0 Å². The molecular weight excluding hydrogens is 220 g/mol. The minimum Gasteiger partial charge on any atom is -0.304 e. The lowest BCUT2D eigenvalue weighted by atomic mass is 10.3. The maximum Gasteiger partial charge on any atom is 0.296 e. The molecule has 0 unspecified atom stereocenters. The number of amides is 1. The zero-order valence-electron chi connectivity index (χ0n) is 9.74. The first-order valence-electron chi connectivity index (χ1n) is 5.43. The SMILES string of the molecule is CCCc1nc(C(=O)Nc2[nH]ncc2C)n[nH]1. The monoisotopic (exact) mass is 234 g/mol. The van der Waals surface area contributed by atoms with E-state index in [-0.39, 0.29) is 11.7 Å². The molecule has 0 aliphatic carbocycles. The summed E-state index contributed by atoms with van der Waals surface area (Å²) in [5, 5.41) is 15.8. The van der Waals surface area contributed by atoms with Gasteiger partial charge in [0, 0.05) is 12.0 Å². The number of aryl methyl sites for hydroxylation is 2. The normalized spacial score (nSPS) is 10.5. The highest BCUT2D eigenvalue weighted by atomic mass is 16.2. The van der Waals surface area contributed by atoms with Crippen molar-refractivity contribution in [3.63, 3.8) is 0 Å². The van der Waals surface area contributed by atoms with Gasteiger partial charge in [0.1, 0.15) is 11.6 Å². The summed E-state index contributed by atoms with van der Waals surface area (Å²) >= 11 is 0. The number of aromatic nitrogens is 5. The highest BCUT2D eigenvalue weighted by molar-refractivity contribution is 6.01. The number of hydrogen-bond acceptors (Lipinski definition) is 4. The van der Waals surface area contributed by atoms with E-state index >= 15 is 0 Å². The summed E-state index contributed by atoms with van der Waals surface area (Å²) in [5.41, 5.74) is 0.864. The van der Waals surface area contributed by atoms with Crippen molar-refractivity contribution in [1.82, 2.24) is 25.4 Å². The molecule has 0 spiro atoms. The van der Waals surface area contributed by atoms with E-state index in [4.69, 9.17) is 0 Å². The third-order valence-corrected chi connectivity index (χ3v) is 2.29. The van der Waals surface area contributed by atoms with Crippen LogP contribution in [-0.2, 0) is 6.42 Å². The molecule has 2 heterocycles. The Morgan fingerprint density at radius 3 is 2.94 bits per heavy atom. The fourth-order valence-electron chi connectivity index (χ4n) is 1.39. The predicted octanol–water partition coefficient (Wildman–Crippen LogP) is 1.04. The van der Waals surface area contributed by atoms with E-state index in [9.17, 15) is 4.79 Å². The number of rotatable bonds is 4. The Morgan fingerprint density at radius 1 is 1.47 bits per heavy atom. The molecule has 7 heteroatoms. The van der Waals surface area contributed by atoms with Crippen molar-refractivity contribution in [2.45, 2.75) is 26.7 Å². The van der Waals surface area contributed by atoms with Gasteiger partial charge in [0.25, 0.3) is 5.91 Å². The molecule has 2 aromatic rings. The molecule has 0 aromatic carbocycles. The van der Waals surface area contributed by atoms with Gasteiger partial charge in [-0.1, -0.05) is 6.92 Å². The van der Waals surface area contributed by atoms with Crippen molar-refractivity contribution in [2.24, 2.45) is 0 Å². The Kier molecular flexibility index (Phi) is 3.17. The number of nitrogens with zero attached hydrogens (tertiary/aromatic N) is 3. The van der Waals surface area contributed by atoms with Crippen LogP contribution in [0.2, 0.25) is 0 Å². The minimum atomic E-state index is -0.351. The number of aromatic amines is 2. The molecule has 0 bridgehead atoms. The molecule has 0 fully saturated rings. The molecule has 1 amide bonds. The second-order valence-corrected chi connectivity index (χ2v) is 3.74. The van der Waals surface area contributed by atoms with Gasteiger partial charge in [0.15, 0.2) is 0 Å². The van der Waals surface area contributed by atoms with Crippen molar-refractivity contribution in [3.05, 3.63) is 23.4 Å². The summed E-state index contributed by atoms with van der Waals surface area (Å²) in [7, 11) is 0. The maximum atomic E-state index is 11.8. The van der Waals surface area contributed by atoms with Crippen molar-refractivity contribution in [1.29, 1.82) is 0 Å². The van der Waals surface area contributed by atoms with E-state index in [0.29, 0.717) is 5.82 Å². The number of hydrogen-bond donors (Lipinski definition) is 3. The molecular formula is C10H14N6O. The zero-order chi connectivity index (χ0) is 12.3. The molecule has 2 rings (SSSR count). The van der Waals surface area contributed by atoms with Gasteiger partial charge in [-0.2, -0.15) is 5.10 Å².